The maximum Gasteiger partial charge on any atom is 0.692 e. The molecule has 2 radical (unpaired) electrons. The van der Waals surface area contributed by atoms with Crippen LogP contribution in [0.25, 0.3) is 0 Å². The molecule has 0 unspecified atom stereocenters. The van der Waals surface area contributed by atoms with E-state index >= 15 is 0 Å². The molecule has 26 valence electrons. The molecule has 5 heteroatoms. The van der Waals surface area contributed by atoms with Crippen molar-refractivity contribution in [3.05, 3.63) is 0 Å². The summed E-state index contributed by atoms with van der Waals surface area (Å²) in [6, 6.07) is 0. The van der Waals surface area contributed by atoms with E-state index in [1.165, 1.54) is 0 Å². The summed E-state index contributed by atoms with van der Waals surface area (Å²) in [6.07, 6.45) is 0. The van der Waals surface area contributed by atoms with Crippen LogP contribution < -0.4 is 0 Å². The van der Waals surface area contributed by atoms with E-state index in [2.05, 4.69) is 0 Å². The molecule has 0 bridgehead atoms. The van der Waals surface area contributed by atoms with Gasteiger partial charge >= 0.3 is 8.25 Å². The topological polar surface area (TPSA) is 57.5 Å². The number of hydrogen-bond donors (Lipinski definition) is 2. The molecule has 0 aliphatic carbocycles. The first kappa shape index (κ1) is 9.71. The van der Waals surface area contributed by atoms with Crippen LogP contribution in [0.15, 0.2) is 0 Å². The summed E-state index contributed by atoms with van der Waals surface area (Å²) in [5.74, 6) is 0. The Kier molecular flexibility index (Phi) is 10.7. The molecule has 0 fully saturated rings. The Morgan fingerprint density at radius 2 is 1.40 bits per heavy atom. The van der Waals surface area contributed by atoms with Gasteiger partial charge in [0.1, 0.15) is 0 Å². The standard InChI is InChI=1S/HO3P.Sr/c1-4(2)3;/h(H-,1,2,3);/p+1. The van der Waals surface area contributed by atoms with E-state index in [4.69, 9.17) is 14.4 Å². The molecular formula is H2O3PSr+. The number of rotatable bonds is 0. The summed E-state index contributed by atoms with van der Waals surface area (Å²) in [4.78, 5) is 14.2. The summed E-state index contributed by atoms with van der Waals surface area (Å²) in [5, 5.41) is 0. The third kappa shape index (κ3) is 29.9. The zero-order valence-corrected chi connectivity index (χ0v) is 6.83. The second-order valence-corrected chi connectivity index (χ2v) is 0.758. The Morgan fingerprint density at radius 3 is 1.40 bits per heavy atom. The molecule has 0 aliphatic heterocycles. The third-order valence-electron chi connectivity index (χ3n) is 0. The van der Waals surface area contributed by atoms with Gasteiger partial charge < -0.3 is 0 Å². The van der Waals surface area contributed by atoms with Crippen LogP contribution in [0.4, 0.5) is 0 Å². The largest absolute Gasteiger partial charge is 0.692 e. The minimum absolute atomic E-state index is 0. The van der Waals surface area contributed by atoms with Crippen molar-refractivity contribution in [2.45, 2.75) is 0 Å². The van der Waals surface area contributed by atoms with Gasteiger partial charge in [-0.25, -0.2) is 0 Å². The van der Waals surface area contributed by atoms with Gasteiger partial charge in [0.25, 0.3) is 0 Å². The fourth-order valence-corrected chi connectivity index (χ4v) is 0. The molecule has 0 aromatic carbocycles. The van der Waals surface area contributed by atoms with Crippen molar-refractivity contribution in [2.24, 2.45) is 0 Å². The molecule has 0 aromatic rings. The van der Waals surface area contributed by atoms with Gasteiger partial charge in [0.15, 0.2) is 0 Å². The molecule has 0 amide bonds. The molecule has 0 rings (SSSR count). The zero-order chi connectivity index (χ0) is 3.58. The molecule has 3 nitrogen and oxygen atoms in total. The molecule has 0 spiro atoms. The third-order valence-corrected chi connectivity index (χ3v) is 0. The predicted octanol–water partition coefficient (Wildman–Crippen LogP) is -0.752. The summed E-state index contributed by atoms with van der Waals surface area (Å²) < 4.78 is 8.70. The Morgan fingerprint density at radius 1 is 1.40 bits per heavy atom. The van der Waals surface area contributed by atoms with E-state index in [0.29, 0.717) is 0 Å². The summed E-state index contributed by atoms with van der Waals surface area (Å²) >= 11 is 0. The van der Waals surface area contributed by atoms with Crippen molar-refractivity contribution in [3.8, 4) is 0 Å². The molecule has 0 saturated carbocycles. The average Bonchev–Trinajstić information content (AvgIpc) is 0.811. The van der Waals surface area contributed by atoms with Gasteiger partial charge in [-0.05, 0) is 0 Å². The maximum atomic E-state index is 8.70. The van der Waals surface area contributed by atoms with Gasteiger partial charge in [0, 0.05) is 50.0 Å². The quantitative estimate of drug-likeness (QED) is 0.370. The van der Waals surface area contributed by atoms with Crippen LogP contribution in [0.3, 0.4) is 0 Å². The van der Waals surface area contributed by atoms with E-state index < -0.39 is 8.25 Å². The van der Waals surface area contributed by atoms with Crippen molar-refractivity contribution in [1.82, 2.24) is 0 Å². The van der Waals surface area contributed by atoms with Gasteiger partial charge in [-0.2, -0.15) is 0 Å². The molecule has 5 heavy (non-hydrogen) atoms. The zero-order valence-electron chi connectivity index (χ0n) is 2.46. The van der Waals surface area contributed by atoms with Gasteiger partial charge in [0.2, 0.25) is 0 Å². The monoisotopic (exact) mass is 169 g/mol. The van der Waals surface area contributed by atoms with Crippen LogP contribution in [-0.4, -0.2) is 55.3 Å². The minimum atomic E-state index is -2.87. The Bertz CT molecular complexity index is 29.9. The second kappa shape index (κ2) is 5.50. The van der Waals surface area contributed by atoms with Crippen molar-refractivity contribution in [3.63, 3.8) is 0 Å². The van der Waals surface area contributed by atoms with E-state index in [9.17, 15) is 0 Å². The van der Waals surface area contributed by atoms with Gasteiger partial charge in [-0.15, -0.1) is 9.79 Å². The van der Waals surface area contributed by atoms with Crippen LogP contribution >= 0.6 is 8.25 Å². The molecule has 0 aliphatic rings. The molecule has 0 heterocycles. The first-order valence-corrected chi connectivity index (χ1v) is 1.75. The molecule has 0 saturated heterocycles. The van der Waals surface area contributed by atoms with Crippen molar-refractivity contribution in [1.29, 1.82) is 0 Å². The van der Waals surface area contributed by atoms with Gasteiger partial charge in [-0.1, -0.05) is 0 Å². The average molecular weight is 169 g/mol. The van der Waals surface area contributed by atoms with Crippen molar-refractivity contribution >= 4 is 53.7 Å². The summed E-state index contributed by atoms with van der Waals surface area (Å²) in [5.41, 5.74) is 0. The molecule has 0 aromatic heterocycles. The smallest absolute Gasteiger partial charge is 0.134 e. The summed E-state index contributed by atoms with van der Waals surface area (Å²) in [6.45, 7) is 0. The maximum absolute atomic E-state index is 8.70. The van der Waals surface area contributed by atoms with Crippen LogP contribution in [0.2, 0.25) is 0 Å². The predicted molar refractivity (Wildman–Crippen MR) is 17.8 cm³/mol. The molecule has 0 atom stereocenters. The first-order valence-electron chi connectivity index (χ1n) is 0.583. The van der Waals surface area contributed by atoms with E-state index in [1.807, 2.05) is 0 Å². The van der Waals surface area contributed by atoms with E-state index in [0.717, 1.165) is 0 Å². The van der Waals surface area contributed by atoms with Crippen molar-refractivity contribution in [2.75, 3.05) is 0 Å². The Hall–Kier alpha value is 1.50. The van der Waals surface area contributed by atoms with Crippen molar-refractivity contribution < 1.29 is 14.4 Å². The fourth-order valence-electron chi connectivity index (χ4n) is 0. The first-order chi connectivity index (χ1) is 1.73. The van der Waals surface area contributed by atoms with Crippen LogP contribution in [0.1, 0.15) is 0 Å². The van der Waals surface area contributed by atoms with Crippen LogP contribution in [0, 0.1) is 0 Å². The number of hydrogen-bond acceptors (Lipinski definition) is 1. The minimum Gasteiger partial charge on any atom is -0.134 e. The molecule has 2 N–H and O–H groups in total. The van der Waals surface area contributed by atoms with Gasteiger partial charge in [-0.3, -0.25) is 0 Å². The Labute approximate surface area is 67.2 Å². The fraction of sp³-hybridized carbons (Fsp3) is 0. The normalized spacial score (nSPS) is 5.20. The SMILES string of the molecule is O=[P+](O)O.[Sr]. The second-order valence-electron chi connectivity index (χ2n) is 0.253. The van der Waals surface area contributed by atoms with Crippen LogP contribution in [0.5, 0.6) is 0 Å². The van der Waals surface area contributed by atoms with E-state index in [1.54, 1.807) is 0 Å². The van der Waals surface area contributed by atoms with Crippen LogP contribution in [-0.2, 0) is 4.57 Å². The Balaban J connectivity index is 0. The molecular weight excluding hydrogens is 167 g/mol. The van der Waals surface area contributed by atoms with E-state index in [-0.39, 0.29) is 45.5 Å². The van der Waals surface area contributed by atoms with Gasteiger partial charge in [0.05, 0.1) is 0 Å². The summed E-state index contributed by atoms with van der Waals surface area (Å²) in [7, 11) is -2.87.